The molecule has 1 heterocycles. The third kappa shape index (κ3) is 1.69. The molecule has 0 spiro atoms. The van der Waals surface area contributed by atoms with Crippen LogP contribution < -0.4 is 15.2 Å². The number of benzene rings is 1. The molecule has 0 atom stereocenters. The number of hydrogen-bond acceptors (Lipinski definition) is 3. The van der Waals surface area contributed by atoms with Crippen LogP contribution in [0, 0.1) is 0 Å². The fraction of sp³-hybridized carbons (Fsp3) is 0.571. The van der Waals surface area contributed by atoms with Gasteiger partial charge in [0.05, 0.1) is 0 Å². The van der Waals surface area contributed by atoms with E-state index in [1.54, 1.807) is 0 Å². The summed E-state index contributed by atoms with van der Waals surface area (Å²) in [4.78, 5) is 0. The van der Waals surface area contributed by atoms with Crippen LogP contribution in [0.25, 0.3) is 0 Å². The molecule has 3 heteroatoms. The monoisotopic (exact) mass is 233 g/mol. The standard InChI is InChI=1S/C14H19NO2/c15-10-14(6-1-2-7-14)11-4-3-5-12-13(11)17-9-8-16-12/h3-5H,1-2,6-10,15H2. The average Bonchev–Trinajstić information content (AvgIpc) is 2.88. The maximum absolute atomic E-state index is 6.04. The minimum Gasteiger partial charge on any atom is -0.486 e. The smallest absolute Gasteiger partial charge is 0.165 e. The molecule has 1 aliphatic carbocycles. The molecular formula is C14H19NO2. The molecule has 0 unspecified atom stereocenters. The number of para-hydroxylation sites is 1. The lowest BCUT2D eigenvalue weighted by atomic mass is 9.78. The first-order chi connectivity index (χ1) is 8.36. The Bertz CT molecular complexity index is 411. The molecule has 2 aliphatic rings. The number of fused-ring (bicyclic) bond motifs is 1. The Kier molecular flexibility index (Phi) is 2.71. The van der Waals surface area contributed by atoms with Crippen LogP contribution in [0.5, 0.6) is 11.5 Å². The molecule has 0 radical (unpaired) electrons. The quantitative estimate of drug-likeness (QED) is 0.852. The predicted molar refractivity (Wildman–Crippen MR) is 66.6 cm³/mol. The van der Waals surface area contributed by atoms with E-state index in [0.717, 1.165) is 11.5 Å². The summed E-state index contributed by atoms with van der Waals surface area (Å²) < 4.78 is 11.5. The highest BCUT2D eigenvalue weighted by molar-refractivity contribution is 5.51. The van der Waals surface area contributed by atoms with E-state index in [1.165, 1.54) is 31.2 Å². The van der Waals surface area contributed by atoms with Gasteiger partial charge in [-0.3, -0.25) is 0 Å². The highest BCUT2D eigenvalue weighted by Crippen LogP contribution is 2.47. The third-order valence-corrected chi connectivity index (χ3v) is 4.09. The first-order valence-electron chi connectivity index (χ1n) is 6.45. The summed E-state index contributed by atoms with van der Waals surface area (Å²) >= 11 is 0. The van der Waals surface area contributed by atoms with Crippen molar-refractivity contribution in [1.82, 2.24) is 0 Å². The first-order valence-corrected chi connectivity index (χ1v) is 6.45. The summed E-state index contributed by atoms with van der Waals surface area (Å²) in [5.41, 5.74) is 7.41. The molecule has 3 rings (SSSR count). The van der Waals surface area contributed by atoms with Gasteiger partial charge < -0.3 is 15.2 Å². The van der Waals surface area contributed by atoms with Crippen molar-refractivity contribution in [3.63, 3.8) is 0 Å². The zero-order valence-electron chi connectivity index (χ0n) is 10.1. The van der Waals surface area contributed by atoms with Crippen LogP contribution in [0.4, 0.5) is 0 Å². The molecule has 3 nitrogen and oxygen atoms in total. The topological polar surface area (TPSA) is 44.5 Å². The normalized spacial score (nSPS) is 21.5. The molecule has 1 aliphatic heterocycles. The van der Waals surface area contributed by atoms with Crippen molar-refractivity contribution in [3.05, 3.63) is 23.8 Å². The van der Waals surface area contributed by atoms with Crippen molar-refractivity contribution in [2.75, 3.05) is 19.8 Å². The van der Waals surface area contributed by atoms with Crippen molar-refractivity contribution in [3.8, 4) is 11.5 Å². The second kappa shape index (κ2) is 4.22. The molecule has 1 aromatic rings. The predicted octanol–water partition coefficient (Wildman–Crippen LogP) is 2.23. The lowest BCUT2D eigenvalue weighted by Crippen LogP contribution is -2.33. The van der Waals surface area contributed by atoms with E-state index >= 15 is 0 Å². The summed E-state index contributed by atoms with van der Waals surface area (Å²) in [6.45, 7) is 1.99. The van der Waals surface area contributed by atoms with Crippen molar-refractivity contribution in [2.45, 2.75) is 31.1 Å². The maximum Gasteiger partial charge on any atom is 0.165 e. The Hall–Kier alpha value is -1.22. The fourth-order valence-corrected chi connectivity index (χ4v) is 3.13. The zero-order valence-corrected chi connectivity index (χ0v) is 10.1. The molecule has 0 saturated heterocycles. The number of ether oxygens (including phenoxy) is 2. The third-order valence-electron chi connectivity index (χ3n) is 4.09. The van der Waals surface area contributed by atoms with Gasteiger partial charge in [0.15, 0.2) is 11.5 Å². The molecule has 92 valence electrons. The van der Waals surface area contributed by atoms with Crippen molar-refractivity contribution in [2.24, 2.45) is 5.73 Å². The minimum atomic E-state index is 0.117. The highest BCUT2D eigenvalue weighted by Gasteiger charge is 2.37. The summed E-state index contributed by atoms with van der Waals surface area (Å²) in [6, 6.07) is 6.20. The van der Waals surface area contributed by atoms with Crippen LogP contribution in [0.2, 0.25) is 0 Å². The molecule has 0 aromatic heterocycles. The van der Waals surface area contributed by atoms with Crippen molar-refractivity contribution >= 4 is 0 Å². The Morgan fingerprint density at radius 1 is 1.12 bits per heavy atom. The Balaban J connectivity index is 2.07. The summed E-state index contributed by atoms with van der Waals surface area (Å²) in [6.07, 6.45) is 4.87. The first kappa shape index (κ1) is 10.9. The van der Waals surface area contributed by atoms with Crippen molar-refractivity contribution < 1.29 is 9.47 Å². The van der Waals surface area contributed by atoms with Gasteiger partial charge in [0.25, 0.3) is 0 Å². The summed E-state index contributed by atoms with van der Waals surface area (Å²) in [5, 5.41) is 0. The van der Waals surface area contributed by atoms with Gasteiger partial charge >= 0.3 is 0 Å². The van der Waals surface area contributed by atoms with Gasteiger partial charge in [-0.05, 0) is 18.9 Å². The molecule has 1 fully saturated rings. The van der Waals surface area contributed by atoms with Gasteiger partial charge in [-0.1, -0.05) is 25.0 Å². The number of hydrogen-bond donors (Lipinski definition) is 1. The van der Waals surface area contributed by atoms with Gasteiger partial charge in [0, 0.05) is 17.5 Å². The minimum absolute atomic E-state index is 0.117. The highest BCUT2D eigenvalue weighted by atomic mass is 16.6. The second-order valence-corrected chi connectivity index (χ2v) is 5.02. The molecule has 1 saturated carbocycles. The molecule has 17 heavy (non-hydrogen) atoms. The van der Waals surface area contributed by atoms with Gasteiger partial charge in [-0.15, -0.1) is 0 Å². The van der Waals surface area contributed by atoms with E-state index in [2.05, 4.69) is 12.1 Å². The molecule has 0 bridgehead atoms. The van der Waals surface area contributed by atoms with E-state index in [9.17, 15) is 0 Å². The average molecular weight is 233 g/mol. The van der Waals surface area contributed by atoms with Crippen LogP contribution in [0.1, 0.15) is 31.2 Å². The van der Waals surface area contributed by atoms with E-state index in [0.29, 0.717) is 19.8 Å². The maximum atomic E-state index is 6.04. The summed E-state index contributed by atoms with van der Waals surface area (Å²) in [7, 11) is 0. The number of nitrogens with two attached hydrogens (primary N) is 1. The van der Waals surface area contributed by atoms with Crippen LogP contribution in [-0.2, 0) is 5.41 Å². The zero-order chi connectivity index (χ0) is 11.7. The molecular weight excluding hydrogens is 214 g/mol. The van der Waals surface area contributed by atoms with E-state index in [1.807, 2.05) is 6.07 Å². The lowest BCUT2D eigenvalue weighted by molar-refractivity contribution is 0.167. The summed E-state index contributed by atoms with van der Waals surface area (Å²) in [5.74, 6) is 1.82. The van der Waals surface area contributed by atoms with Gasteiger partial charge in [-0.25, -0.2) is 0 Å². The van der Waals surface area contributed by atoms with Crippen molar-refractivity contribution in [1.29, 1.82) is 0 Å². The van der Waals surface area contributed by atoms with E-state index in [-0.39, 0.29) is 5.41 Å². The molecule has 0 amide bonds. The SMILES string of the molecule is NCC1(c2cccc3c2OCCO3)CCCC1. The van der Waals surface area contributed by atoms with E-state index in [4.69, 9.17) is 15.2 Å². The second-order valence-electron chi connectivity index (χ2n) is 5.02. The van der Waals surface area contributed by atoms with E-state index < -0.39 is 0 Å². The fourth-order valence-electron chi connectivity index (χ4n) is 3.13. The van der Waals surface area contributed by atoms with Gasteiger partial charge in [0.2, 0.25) is 0 Å². The Morgan fingerprint density at radius 2 is 1.88 bits per heavy atom. The molecule has 1 aromatic carbocycles. The Morgan fingerprint density at radius 3 is 2.65 bits per heavy atom. The lowest BCUT2D eigenvalue weighted by Gasteiger charge is -2.32. The van der Waals surface area contributed by atoms with Gasteiger partial charge in [0.1, 0.15) is 13.2 Å². The Labute approximate surface area is 102 Å². The largest absolute Gasteiger partial charge is 0.486 e. The van der Waals surface area contributed by atoms with Crippen LogP contribution in [0.15, 0.2) is 18.2 Å². The van der Waals surface area contributed by atoms with Crippen LogP contribution in [0.3, 0.4) is 0 Å². The van der Waals surface area contributed by atoms with Crippen LogP contribution in [-0.4, -0.2) is 19.8 Å². The van der Waals surface area contributed by atoms with Crippen LogP contribution >= 0.6 is 0 Å². The number of rotatable bonds is 2. The van der Waals surface area contributed by atoms with Gasteiger partial charge in [-0.2, -0.15) is 0 Å². The molecule has 2 N–H and O–H groups in total.